The minimum atomic E-state index is 0.257. The Labute approximate surface area is 102 Å². The summed E-state index contributed by atoms with van der Waals surface area (Å²) in [6.45, 7) is 4.45. The molecule has 0 aromatic heterocycles. The van der Waals surface area contributed by atoms with Crippen molar-refractivity contribution in [3.63, 3.8) is 0 Å². The third-order valence-corrected chi connectivity index (χ3v) is 3.52. The van der Waals surface area contributed by atoms with Gasteiger partial charge in [-0.1, -0.05) is 30.7 Å². The Morgan fingerprint density at radius 3 is 2.69 bits per heavy atom. The molecule has 2 nitrogen and oxygen atoms in total. The fraction of sp³-hybridized carbons (Fsp3) is 0.538. The van der Waals surface area contributed by atoms with Gasteiger partial charge < -0.3 is 5.73 Å². The Hall–Kier alpha value is -0.570. The molecule has 2 N–H and O–H groups in total. The second-order valence-corrected chi connectivity index (χ2v) is 4.92. The summed E-state index contributed by atoms with van der Waals surface area (Å²) >= 11 is 5.91. The number of rotatable bonds is 3. The zero-order valence-electron chi connectivity index (χ0n) is 9.70. The molecule has 88 valence electrons. The molecule has 1 fully saturated rings. The molecule has 1 aromatic rings. The summed E-state index contributed by atoms with van der Waals surface area (Å²) in [6.07, 6.45) is 2.27. The molecule has 0 amide bonds. The highest BCUT2D eigenvalue weighted by Crippen LogP contribution is 2.31. The van der Waals surface area contributed by atoms with Crippen LogP contribution in [0.3, 0.4) is 0 Å². The molecule has 1 saturated heterocycles. The zero-order chi connectivity index (χ0) is 11.5. The van der Waals surface area contributed by atoms with E-state index in [1.807, 2.05) is 12.1 Å². The van der Waals surface area contributed by atoms with Crippen molar-refractivity contribution in [1.82, 2.24) is 4.90 Å². The third kappa shape index (κ3) is 2.40. The lowest BCUT2D eigenvalue weighted by atomic mass is 10.0. The summed E-state index contributed by atoms with van der Waals surface area (Å²) in [4.78, 5) is 2.48. The molecule has 1 heterocycles. The summed E-state index contributed by atoms with van der Waals surface area (Å²) in [5.74, 6) is 0. The average molecular weight is 239 g/mol. The number of nitrogens with zero attached hydrogens (tertiary/aromatic N) is 1. The first-order valence-electron chi connectivity index (χ1n) is 5.97. The number of hydrogen-bond acceptors (Lipinski definition) is 2. The van der Waals surface area contributed by atoms with Crippen molar-refractivity contribution >= 4 is 11.6 Å². The van der Waals surface area contributed by atoms with Crippen molar-refractivity contribution in [1.29, 1.82) is 0 Å². The van der Waals surface area contributed by atoms with Gasteiger partial charge >= 0.3 is 0 Å². The normalized spacial score (nSPS) is 26.2. The average Bonchev–Trinajstić information content (AvgIpc) is 2.62. The van der Waals surface area contributed by atoms with Crippen LogP contribution in [0, 0.1) is 0 Å². The Morgan fingerprint density at radius 2 is 2.06 bits per heavy atom. The van der Waals surface area contributed by atoms with Gasteiger partial charge in [0.15, 0.2) is 0 Å². The van der Waals surface area contributed by atoms with Crippen LogP contribution in [0.15, 0.2) is 24.3 Å². The third-order valence-electron chi connectivity index (χ3n) is 3.27. The first-order valence-corrected chi connectivity index (χ1v) is 6.35. The van der Waals surface area contributed by atoms with E-state index in [4.69, 9.17) is 17.3 Å². The predicted molar refractivity (Wildman–Crippen MR) is 68.6 cm³/mol. The summed E-state index contributed by atoms with van der Waals surface area (Å²) < 4.78 is 0. The van der Waals surface area contributed by atoms with E-state index >= 15 is 0 Å². The van der Waals surface area contributed by atoms with Crippen molar-refractivity contribution in [2.24, 2.45) is 5.73 Å². The van der Waals surface area contributed by atoms with Gasteiger partial charge in [-0.15, -0.1) is 0 Å². The lowest BCUT2D eigenvalue weighted by Gasteiger charge is -2.26. The van der Waals surface area contributed by atoms with Crippen molar-refractivity contribution < 1.29 is 0 Å². The molecule has 0 aliphatic carbocycles. The molecule has 1 aliphatic heterocycles. The Balaban J connectivity index is 2.19. The van der Waals surface area contributed by atoms with Gasteiger partial charge in [0.25, 0.3) is 0 Å². The summed E-state index contributed by atoms with van der Waals surface area (Å²) in [5.41, 5.74) is 7.49. The molecular formula is C13H19ClN2. The maximum Gasteiger partial charge on any atom is 0.0499 e. The van der Waals surface area contributed by atoms with Crippen molar-refractivity contribution in [2.45, 2.75) is 31.8 Å². The van der Waals surface area contributed by atoms with E-state index in [0.717, 1.165) is 24.5 Å². The van der Waals surface area contributed by atoms with Crippen LogP contribution in [-0.2, 0) is 0 Å². The molecule has 2 atom stereocenters. The standard InChI is InChI=1S/C13H19ClN2/c1-2-8-16-9-7-12(15)13(16)10-3-5-11(14)6-4-10/h3-6,12-13H,2,7-9,15H2,1H3. The molecule has 0 spiro atoms. The van der Waals surface area contributed by atoms with E-state index in [-0.39, 0.29) is 6.04 Å². The number of hydrogen-bond donors (Lipinski definition) is 1. The maximum absolute atomic E-state index is 6.20. The minimum absolute atomic E-state index is 0.257. The fourth-order valence-electron chi connectivity index (χ4n) is 2.54. The van der Waals surface area contributed by atoms with Crippen LogP contribution in [0.4, 0.5) is 0 Å². The lowest BCUT2D eigenvalue weighted by molar-refractivity contribution is 0.248. The second kappa shape index (κ2) is 5.17. The highest BCUT2D eigenvalue weighted by Gasteiger charge is 2.31. The van der Waals surface area contributed by atoms with Crippen molar-refractivity contribution in [3.05, 3.63) is 34.9 Å². The van der Waals surface area contributed by atoms with Gasteiger partial charge in [0, 0.05) is 23.7 Å². The number of halogens is 1. The van der Waals surface area contributed by atoms with E-state index in [1.54, 1.807) is 0 Å². The largest absolute Gasteiger partial charge is 0.326 e. The highest BCUT2D eigenvalue weighted by molar-refractivity contribution is 6.30. The maximum atomic E-state index is 6.20. The first kappa shape index (κ1) is 11.9. The van der Waals surface area contributed by atoms with Gasteiger partial charge in [0.05, 0.1) is 0 Å². The lowest BCUT2D eigenvalue weighted by Crippen LogP contribution is -2.32. The van der Waals surface area contributed by atoms with E-state index in [1.165, 1.54) is 12.0 Å². The van der Waals surface area contributed by atoms with E-state index in [2.05, 4.69) is 24.0 Å². The van der Waals surface area contributed by atoms with Crippen molar-refractivity contribution in [2.75, 3.05) is 13.1 Å². The monoisotopic (exact) mass is 238 g/mol. The molecule has 2 unspecified atom stereocenters. The molecule has 0 radical (unpaired) electrons. The molecule has 0 bridgehead atoms. The summed E-state index contributed by atoms with van der Waals surface area (Å²) in [7, 11) is 0. The van der Waals surface area contributed by atoms with E-state index < -0.39 is 0 Å². The highest BCUT2D eigenvalue weighted by atomic mass is 35.5. The van der Waals surface area contributed by atoms with Gasteiger partial charge in [-0.3, -0.25) is 4.90 Å². The number of benzene rings is 1. The second-order valence-electron chi connectivity index (χ2n) is 4.48. The molecule has 1 aliphatic rings. The fourth-order valence-corrected chi connectivity index (χ4v) is 2.66. The molecule has 1 aromatic carbocycles. The smallest absolute Gasteiger partial charge is 0.0499 e. The number of likely N-dealkylation sites (tertiary alicyclic amines) is 1. The Bertz CT molecular complexity index is 334. The van der Waals surface area contributed by atoms with Gasteiger partial charge in [0.1, 0.15) is 0 Å². The van der Waals surface area contributed by atoms with Crippen LogP contribution >= 0.6 is 11.6 Å². The molecule has 3 heteroatoms. The van der Waals surface area contributed by atoms with Crippen LogP contribution in [0.25, 0.3) is 0 Å². The van der Waals surface area contributed by atoms with Gasteiger partial charge in [0.2, 0.25) is 0 Å². The topological polar surface area (TPSA) is 29.3 Å². The van der Waals surface area contributed by atoms with E-state index in [0.29, 0.717) is 6.04 Å². The van der Waals surface area contributed by atoms with Crippen LogP contribution in [0.2, 0.25) is 5.02 Å². The number of nitrogens with two attached hydrogens (primary N) is 1. The van der Waals surface area contributed by atoms with Gasteiger partial charge in [-0.05, 0) is 37.1 Å². The van der Waals surface area contributed by atoms with Crippen molar-refractivity contribution in [3.8, 4) is 0 Å². The molecular weight excluding hydrogens is 220 g/mol. The van der Waals surface area contributed by atoms with Crippen LogP contribution in [0.5, 0.6) is 0 Å². The van der Waals surface area contributed by atoms with Crippen LogP contribution in [-0.4, -0.2) is 24.0 Å². The van der Waals surface area contributed by atoms with Crippen LogP contribution in [0.1, 0.15) is 31.4 Å². The quantitative estimate of drug-likeness (QED) is 0.878. The Kier molecular flexibility index (Phi) is 3.85. The van der Waals surface area contributed by atoms with E-state index in [9.17, 15) is 0 Å². The minimum Gasteiger partial charge on any atom is -0.326 e. The molecule has 2 rings (SSSR count). The van der Waals surface area contributed by atoms with Gasteiger partial charge in [-0.25, -0.2) is 0 Å². The Morgan fingerprint density at radius 1 is 1.38 bits per heavy atom. The summed E-state index contributed by atoms with van der Waals surface area (Å²) in [6, 6.07) is 8.73. The molecule has 16 heavy (non-hydrogen) atoms. The van der Waals surface area contributed by atoms with Gasteiger partial charge in [-0.2, -0.15) is 0 Å². The molecule has 0 saturated carbocycles. The van der Waals surface area contributed by atoms with Crippen LogP contribution < -0.4 is 5.73 Å². The predicted octanol–water partition coefficient (Wildman–Crippen LogP) is 2.82. The SMILES string of the molecule is CCCN1CCC(N)C1c1ccc(Cl)cc1. The first-order chi connectivity index (χ1) is 7.72. The zero-order valence-corrected chi connectivity index (χ0v) is 10.5. The summed E-state index contributed by atoms with van der Waals surface area (Å²) in [5, 5.41) is 0.789.